The van der Waals surface area contributed by atoms with Gasteiger partial charge in [0, 0.05) is 36.5 Å². The van der Waals surface area contributed by atoms with E-state index in [0.29, 0.717) is 6.42 Å². The number of nitrogens with one attached hydrogen (secondary N) is 1. The summed E-state index contributed by atoms with van der Waals surface area (Å²) in [6, 6.07) is 34.8. The van der Waals surface area contributed by atoms with E-state index in [1.54, 1.807) is 12.1 Å². The highest BCUT2D eigenvalue weighted by Gasteiger charge is 2.24. The summed E-state index contributed by atoms with van der Waals surface area (Å²) in [6.07, 6.45) is 2.97. The van der Waals surface area contributed by atoms with E-state index >= 15 is 0 Å². The average molecular weight is 477 g/mol. The van der Waals surface area contributed by atoms with Gasteiger partial charge in [-0.2, -0.15) is 0 Å². The van der Waals surface area contributed by atoms with E-state index in [0.717, 1.165) is 33.2 Å². The molecule has 0 radical (unpaired) electrons. The van der Waals surface area contributed by atoms with Gasteiger partial charge in [-0.05, 0) is 46.9 Å². The molecule has 4 heteroatoms. The summed E-state index contributed by atoms with van der Waals surface area (Å²) in [5.74, 6) is -0.647. The molecule has 1 heterocycles. The molecule has 1 aromatic heterocycles. The van der Waals surface area contributed by atoms with Crippen LogP contribution in [0, 0.1) is 5.82 Å². The summed E-state index contributed by atoms with van der Waals surface area (Å²) >= 11 is 0. The number of rotatable bonds is 8. The number of aromatic nitrogens is 1. The van der Waals surface area contributed by atoms with Crippen molar-refractivity contribution >= 4 is 16.8 Å². The Labute approximate surface area is 211 Å². The zero-order chi connectivity index (χ0) is 24.9. The Balaban J connectivity index is 1.47. The number of para-hydroxylation sites is 1. The van der Waals surface area contributed by atoms with Crippen molar-refractivity contribution in [2.45, 2.75) is 24.8 Å². The molecule has 0 saturated carbocycles. The predicted octanol–water partition coefficient (Wildman–Crippen LogP) is 6.94. The topological polar surface area (TPSA) is 34.0 Å². The van der Waals surface area contributed by atoms with Crippen LogP contribution in [-0.2, 0) is 18.3 Å². The summed E-state index contributed by atoms with van der Waals surface area (Å²) in [5.41, 5.74) is 5.11. The highest BCUT2D eigenvalue weighted by atomic mass is 19.1. The predicted molar refractivity (Wildman–Crippen MR) is 143 cm³/mol. The van der Waals surface area contributed by atoms with E-state index in [9.17, 15) is 9.18 Å². The van der Waals surface area contributed by atoms with E-state index in [4.69, 9.17) is 0 Å². The highest BCUT2D eigenvalue weighted by molar-refractivity contribution is 5.86. The molecule has 0 aliphatic rings. The molecule has 5 aromatic rings. The normalized spacial score (nSPS) is 12.8. The molecule has 0 aliphatic carbocycles. The Bertz CT molecular complexity index is 1460. The molecular weight excluding hydrogens is 447 g/mol. The fourth-order valence-electron chi connectivity index (χ4n) is 5.01. The molecule has 0 bridgehead atoms. The fourth-order valence-corrected chi connectivity index (χ4v) is 5.01. The van der Waals surface area contributed by atoms with E-state index in [-0.39, 0.29) is 30.1 Å². The van der Waals surface area contributed by atoms with Crippen LogP contribution in [-0.4, -0.2) is 10.5 Å². The van der Waals surface area contributed by atoms with E-state index in [1.165, 1.54) is 6.07 Å². The van der Waals surface area contributed by atoms with Crippen LogP contribution in [0.15, 0.2) is 115 Å². The summed E-state index contributed by atoms with van der Waals surface area (Å²) in [4.78, 5) is 13.6. The number of carbonyl (C=O) groups is 1. The molecule has 0 aliphatic heterocycles. The first kappa shape index (κ1) is 23.6. The number of fused-ring (bicyclic) bond motifs is 1. The van der Waals surface area contributed by atoms with Crippen molar-refractivity contribution in [1.29, 1.82) is 0 Å². The largest absolute Gasteiger partial charge is 0.350 e. The fraction of sp³-hybridized carbons (Fsp3) is 0.156. The number of amides is 1. The first-order valence-corrected chi connectivity index (χ1v) is 12.3. The number of nitrogens with zero attached hydrogens (tertiary/aromatic N) is 1. The lowest BCUT2D eigenvalue weighted by atomic mass is 9.87. The Morgan fingerprint density at radius 2 is 1.50 bits per heavy atom. The van der Waals surface area contributed by atoms with Gasteiger partial charge in [-0.25, -0.2) is 4.39 Å². The van der Waals surface area contributed by atoms with Gasteiger partial charge in [0.25, 0.3) is 0 Å². The van der Waals surface area contributed by atoms with E-state index in [2.05, 4.69) is 40.3 Å². The number of halogens is 1. The van der Waals surface area contributed by atoms with Crippen LogP contribution in [0.2, 0.25) is 0 Å². The lowest BCUT2D eigenvalue weighted by Crippen LogP contribution is -2.31. The third kappa shape index (κ3) is 5.23. The highest BCUT2D eigenvalue weighted by Crippen LogP contribution is 2.35. The molecule has 5 rings (SSSR count). The second kappa shape index (κ2) is 10.6. The van der Waals surface area contributed by atoms with Gasteiger partial charge < -0.3 is 9.88 Å². The van der Waals surface area contributed by atoms with Crippen molar-refractivity contribution in [3.8, 4) is 0 Å². The number of aryl methyl sites for hydroxylation is 1. The number of benzene rings is 4. The first-order valence-electron chi connectivity index (χ1n) is 12.3. The second-order valence-electron chi connectivity index (χ2n) is 9.24. The number of carbonyl (C=O) groups excluding carboxylic acids is 1. The Morgan fingerprint density at radius 3 is 2.25 bits per heavy atom. The minimum absolute atomic E-state index is 0.0676. The molecule has 1 N–H and O–H groups in total. The van der Waals surface area contributed by atoms with Gasteiger partial charge in [0.05, 0.1) is 6.04 Å². The Hall–Kier alpha value is -4.18. The minimum atomic E-state index is -0.301. The molecule has 0 fully saturated rings. The first-order chi connectivity index (χ1) is 17.6. The van der Waals surface area contributed by atoms with Crippen molar-refractivity contribution in [3.05, 3.63) is 143 Å². The van der Waals surface area contributed by atoms with Crippen LogP contribution in [0.5, 0.6) is 0 Å². The van der Waals surface area contributed by atoms with Crippen molar-refractivity contribution in [3.63, 3.8) is 0 Å². The van der Waals surface area contributed by atoms with Gasteiger partial charge in [-0.1, -0.05) is 91.0 Å². The Kier molecular flexibility index (Phi) is 6.94. The summed E-state index contributed by atoms with van der Waals surface area (Å²) in [6.45, 7) is 0. The lowest BCUT2D eigenvalue weighted by Gasteiger charge is -2.22. The van der Waals surface area contributed by atoms with Crippen LogP contribution in [0.1, 0.15) is 40.6 Å². The zero-order valence-corrected chi connectivity index (χ0v) is 20.3. The van der Waals surface area contributed by atoms with Crippen LogP contribution in [0.4, 0.5) is 4.39 Å². The van der Waals surface area contributed by atoms with E-state index < -0.39 is 0 Å². The second-order valence-corrected chi connectivity index (χ2v) is 9.24. The minimum Gasteiger partial charge on any atom is -0.350 e. The third-order valence-electron chi connectivity index (χ3n) is 6.76. The van der Waals surface area contributed by atoms with Gasteiger partial charge in [0.2, 0.25) is 5.91 Å². The molecular formula is C32H29FN2O. The third-order valence-corrected chi connectivity index (χ3v) is 6.76. The van der Waals surface area contributed by atoms with Crippen LogP contribution < -0.4 is 5.32 Å². The van der Waals surface area contributed by atoms with Crippen LogP contribution in [0.3, 0.4) is 0 Å². The lowest BCUT2D eigenvalue weighted by molar-refractivity contribution is -0.122. The smallest absolute Gasteiger partial charge is 0.221 e. The summed E-state index contributed by atoms with van der Waals surface area (Å²) in [7, 11) is 2.00. The van der Waals surface area contributed by atoms with Crippen LogP contribution >= 0.6 is 0 Å². The van der Waals surface area contributed by atoms with Gasteiger partial charge in [0.1, 0.15) is 5.82 Å². The molecule has 0 spiro atoms. The van der Waals surface area contributed by atoms with Crippen molar-refractivity contribution in [1.82, 2.24) is 9.88 Å². The molecule has 36 heavy (non-hydrogen) atoms. The summed E-state index contributed by atoms with van der Waals surface area (Å²) in [5, 5.41) is 4.36. The molecule has 1 amide bonds. The van der Waals surface area contributed by atoms with Crippen LogP contribution in [0.25, 0.3) is 10.9 Å². The summed E-state index contributed by atoms with van der Waals surface area (Å²) < 4.78 is 16.3. The van der Waals surface area contributed by atoms with Gasteiger partial charge in [0.15, 0.2) is 0 Å². The van der Waals surface area contributed by atoms with E-state index in [1.807, 2.05) is 73.8 Å². The Morgan fingerprint density at radius 1 is 0.833 bits per heavy atom. The monoisotopic (exact) mass is 476 g/mol. The zero-order valence-electron chi connectivity index (χ0n) is 20.3. The molecule has 180 valence electrons. The average Bonchev–Trinajstić information content (AvgIpc) is 3.24. The van der Waals surface area contributed by atoms with Gasteiger partial charge in [-0.15, -0.1) is 0 Å². The number of hydrogen-bond donors (Lipinski definition) is 1. The quantitative estimate of drug-likeness (QED) is 0.259. The maximum atomic E-state index is 14.3. The van der Waals surface area contributed by atoms with Gasteiger partial charge in [-0.3, -0.25) is 4.79 Å². The van der Waals surface area contributed by atoms with Crippen molar-refractivity contribution < 1.29 is 9.18 Å². The molecule has 2 atom stereocenters. The SMILES string of the molecule is Cn1cc(C(CC(=O)NC(Cc2ccccc2)c2ccccc2)c2cccc(F)c2)c2ccccc21. The maximum absolute atomic E-state index is 14.3. The standard InChI is InChI=1S/C32H29FN2O/c1-35-22-29(27-17-8-9-18-31(27)35)28(25-15-10-16-26(33)20-25)21-32(36)34-30(24-13-6-3-7-14-24)19-23-11-4-2-5-12-23/h2-18,20,22,28,30H,19,21H2,1H3,(H,34,36). The molecule has 0 saturated heterocycles. The molecule has 2 unspecified atom stereocenters. The van der Waals surface area contributed by atoms with Crippen molar-refractivity contribution in [2.24, 2.45) is 7.05 Å². The van der Waals surface area contributed by atoms with Crippen molar-refractivity contribution in [2.75, 3.05) is 0 Å². The maximum Gasteiger partial charge on any atom is 0.221 e. The molecule has 4 aromatic carbocycles. The molecule has 3 nitrogen and oxygen atoms in total. The van der Waals surface area contributed by atoms with Gasteiger partial charge >= 0.3 is 0 Å². The number of hydrogen-bond acceptors (Lipinski definition) is 1.